The van der Waals surface area contributed by atoms with Crippen LogP contribution >= 0.6 is 0 Å². The Kier molecular flexibility index (Phi) is 5.26. The van der Waals surface area contributed by atoms with E-state index in [9.17, 15) is 19.4 Å². The Morgan fingerprint density at radius 2 is 1.89 bits per heavy atom. The van der Waals surface area contributed by atoms with Gasteiger partial charge in [0.05, 0.1) is 13.5 Å². The van der Waals surface area contributed by atoms with Crippen molar-refractivity contribution in [2.75, 3.05) is 12.4 Å². The molecular weight excluding hydrogens is 349 g/mol. The summed E-state index contributed by atoms with van der Waals surface area (Å²) >= 11 is 0. The molecule has 3 aromatic carbocycles. The van der Waals surface area contributed by atoms with E-state index in [0.29, 0.717) is 16.8 Å². The lowest BCUT2D eigenvalue weighted by molar-refractivity contribution is -0.115. The van der Waals surface area contributed by atoms with E-state index in [1.165, 1.54) is 43.5 Å². The van der Waals surface area contributed by atoms with Gasteiger partial charge in [0.1, 0.15) is 11.6 Å². The lowest BCUT2D eigenvalue weighted by Crippen LogP contribution is -2.14. The first-order valence-corrected chi connectivity index (χ1v) is 8.21. The fraction of sp³-hybridized carbons (Fsp3) is 0.0952. The summed E-state index contributed by atoms with van der Waals surface area (Å²) in [5, 5.41) is 21.9. The normalized spacial score (nSPS) is 10.4. The third-order valence-corrected chi connectivity index (χ3v) is 4.02. The fourth-order valence-electron chi connectivity index (χ4n) is 2.72. The number of halogens is 1. The van der Waals surface area contributed by atoms with Gasteiger partial charge in [-0.3, -0.25) is 4.79 Å². The lowest BCUT2D eigenvalue weighted by Gasteiger charge is -2.10. The Labute approximate surface area is 155 Å². The van der Waals surface area contributed by atoms with Gasteiger partial charge in [-0.1, -0.05) is 18.2 Å². The molecule has 3 aromatic rings. The first-order valence-electron chi connectivity index (χ1n) is 8.21. The average Bonchev–Trinajstić information content (AvgIpc) is 2.65. The third kappa shape index (κ3) is 4.36. The van der Waals surface area contributed by atoms with E-state index >= 15 is 0 Å². The number of benzene rings is 3. The Morgan fingerprint density at radius 1 is 1.07 bits per heavy atom. The Morgan fingerprint density at radius 3 is 2.63 bits per heavy atom. The second-order valence-corrected chi connectivity index (χ2v) is 5.98. The molecule has 138 valence electrons. The zero-order valence-electron chi connectivity index (χ0n) is 14.6. The molecule has 0 radical (unpaired) electrons. The summed E-state index contributed by atoms with van der Waals surface area (Å²) in [6.07, 6.45) is 0.0650. The molecule has 0 spiro atoms. The number of carbonyl (C=O) groups is 1. The second kappa shape index (κ2) is 7.78. The Bertz CT molecular complexity index is 988. The van der Waals surface area contributed by atoms with Gasteiger partial charge < -0.3 is 20.3 Å². The summed E-state index contributed by atoms with van der Waals surface area (Å²) in [5.74, 6) is -0.440. The van der Waals surface area contributed by atoms with Crippen LogP contribution in [0.1, 0.15) is 5.56 Å². The van der Waals surface area contributed by atoms with Crippen LogP contribution in [0.3, 0.4) is 0 Å². The van der Waals surface area contributed by atoms with Gasteiger partial charge in [-0.25, -0.2) is 4.39 Å². The molecule has 0 bridgehead atoms. The molecule has 1 amide bonds. The molecule has 5 nitrogen and oxygen atoms in total. The number of aromatic hydroxyl groups is 2. The van der Waals surface area contributed by atoms with Gasteiger partial charge >= 0.3 is 0 Å². The largest absolute Gasteiger partial charge is 0.508 e. The first kappa shape index (κ1) is 18.3. The highest BCUT2D eigenvalue weighted by Crippen LogP contribution is 2.29. The van der Waals surface area contributed by atoms with Crippen LogP contribution in [0.5, 0.6) is 17.2 Å². The molecule has 3 N–H and O–H groups in total. The number of methoxy groups -OCH3 is 1. The van der Waals surface area contributed by atoms with Crippen LogP contribution in [0.4, 0.5) is 10.1 Å². The van der Waals surface area contributed by atoms with Crippen LogP contribution in [0.2, 0.25) is 0 Å². The molecule has 0 aliphatic rings. The second-order valence-electron chi connectivity index (χ2n) is 5.98. The van der Waals surface area contributed by atoms with Gasteiger partial charge in [0.25, 0.3) is 0 Å². The van der Waals surface area contributed by atoms with E-state index in [-0.39, 0.29) is 35.1 Å². The minimum Gasteiger partial charge on any atom is -0.508 e. The SMILES string of the molecule is COc1cc(CC(=O)Nc2ccc(F)c(-c3cccc(O)c3)c2)ccc1O. The molecular formula is C21H18FNO4. The van der Waals surface area contributed by atoms with Crippen LogP contribution < -0.4 is 10.1 Å². The summed E-state index contributed by atoms with van der Waals surface area (Å²) in [6.45, 7) is 0. The van der Waals surface area contributed by atoms with Gasteiger partial charge in [0.2, 0.25) is 5.91 Å². The molecule has 0 aromatic heterocycles. The van der Waals surface area contributed by atoms with Gasteiger partial charge in [0.15, 0.2) is 11.5 Å². The van der Waals surface area contributed by atoms with Crippen molar-refractivity contribution in [2.45, 2.75) is 6.42 Å². The molecule has 0 unspecified atom stereocenters. The molecule has 0 heterocycles. The minimum absolute atomic E-state index is 0.00375. The Balaban J connectivity index is 1.77. The highest BCUT2D eigenvalue weighted by atomic mass is 19.1. The van der Waals surface area contributed by atoms with Crippen molar-refractivity contribution in [3.8, 4) is 28.4 Å². The maximum Gasteiger partial charge on any atom is 0.228 e. The van der Waals surface area contributed by atoms with Gasteiger partial charge in [-0.15, -0.1) is 0 Å². The van der Waals surface area contributed by atoms with Crippen LogP contribution in [0.25, 0.3) is 11.1 Å². The van der Waals surface area contributed by atoms with E-state index in [1.807, 2.05) is 0 Å². The van der Waals surface area contributed by atoms with Crippen LogP contribution in [-0.2, 0) is 11.2 Å². The molecule has 0 fully saturated rings. The number of hydrogen-bond acceptors (Lipinski definition) is 4. The van der Waals surface area contributed by atoms with E-state index in [1.54, 1.807) is 24.3 Å². The highest BCUT2D eigenvalue weighted by molar-refractivity contribution is 5.93. The summed E-state index contributed by atoms with van der Waals surface area (Å²) in [7, 11) is 1.43. The molecule has 3 rings (SSSR count). The quantitative estimate of drug-likeness (QED) is 0.635. The first-order chi connectivity index (χ1) is 13.0. The summed E-state index contributed by atoms with van der Waals surface area (Å²) in [5.41, 5.74) is 1.88. The van der Waals surface area contributed by atoms with Crippen molar-refractivity contribution >= 4 is 11.6 Å². The standard InChI is InChI=1S/C21H18FNO4/c1-27-20-9-13(5-8-19(20)25)10-21(26)23-15-6-7-18(22)17(12-15)14-3-2-4-16(24)11-14/h2-9,11-12,24-25H,10H2,1H3,(H,23,26). The number of carbonyl (C=O) groups excluding carboxylic acids is 1. The molecule has 0 saturated carbocycles. The van der Waals surface area contributed by atoms with Crippen LogP contribution in [0.15, 0.2) is 60.7 Å². The molecule has 0 saturated heterocycles. The minimum atomic E-state index is -0.457. The summed E-state index contributed by atoms with van der Waals surface area (Å²) in [4.78, 5) is 12.3. The van der Waals surface area contributed by atoms with E-state index in [0.717, 1.165) is 0 Å². The molecule has 0 atom stereocenters. The highest BCUT2D eigenvalue weighted by Gasteiger charge is 2.11. The average molecular weight is 367 g/mol. The Hall–Kier alpha value is -3.54. The zero-order chi connectivity index (χ0) is 19.4. The maximum absolute atomic E-state index is 14.2. The van der Waals surface area contributed by atoms with Crippen molar-refractivity contribution in [2.24, 2.45) is 0 Å². The predicted octanol–water partition coefficient (Wildman–Crippen LogP) is 4.09. The van der Waals surface area contributed by atoms with Crippen LogP contribution in [-0.4, -0.2) is 23.2 Å². The summed E-state index contributed by atoms with van der Waals surface area (Å²) in [6, 6.07) is 15.2. The van der Waals surface area contributed by atoms with Crippen molar-refractivity contribution in [3.05, 3.63) is 72.0 Å². The van der Waals surface area contributed by atoms with Crippen molar-refractivity contribution in [1.29, 1.82) is 0 Å². The smallest absolute Gasteiger partial charge is 0.228 e. The van der Waals surface area contributed by atoms with Gasteiger partial charge in [-0.05, 0) is 53.6 Å². The number of phenolic OH excluding ortho intramolecular Hbond substituents is 2. The molecule has 0 aliphatic carbocycles. The fourth-order valence-corrected chi connectivity index (χ4v) is 2.72. The van der Waals surface area contributed by atoms with Crippen molar-refractivity contribution in [3.63, 3.8) is 0 Å². The predicted molar refractivity (Wildman–Crippen MR) is 100 cm³/mol. The number of nitrogens with one attached hydrogen (secondary N) is 1. The number of rotatable bonds is 5. The number of phenols is 2. The van der Waals surface area contributed by atoms with Crippen LogP contribution in [0, 0.1) is 5.82 Å². The topological polar surface area (TPSA) is 78.8 Å². The third-order valence-electron chi connectivity index (χ3n) is 4.02. The number of hydrogen-bond donors (Lipinski definition) is 3. The van der Waals surface area contributed by atoms with Crippen molar-refractivity contribution < 1.29 is 24.1 Å². The monoisotopic (exact) mass is 367 g/mol. The lowest BCUT2D eigenvalue weighted by atomic mass is 10.0. The zero-order valence-corrected chi connectivity index (χ0v) is 14.6. The van der Waals surface area contributed by atoms with Crippen molar-refractivity contribution in [1.82, 2.24) is 0 Å². The molecule has 27 heavy (non-hydrogen) atoms. The van der Waals surface area contributed by atoms with E-state index in [4.69, 9.17) is 4.74 Å². The number of anilines is 1. The number of ether oxygens (including phenoxy) is 1. The number of amides is 1. The van der Waals surface area contributed by atoms with Gasteiger partial charge in [-0.2, -0.15) is 0 Å². The van der Waals surface area contributed by atoms with E-state index < -0.39 is 5.82 Å². The summed E-state index contributed by atoms with van der Waals surface area (Å²) < 4.78 is 19.2. The van der Waals surface area contributed by atoms with E-state index in [2.05, 4.69) is 5.32 Å². The maximum atomic E-state index is 14.2. The van der Waals surface area contributed by atoms with Gasteiger partial charge in [0, 0.05) is 11.3 Å². The molecule has 0 aliphatic heterocycles. The molecule has 6 heteroatoms.